The molecule has 4 rings (SSSR count). The number of halogens is 3. The second-order valence-electron chi connectivity index (χ2n) is 10.4. The molecule has 1 fully saturated rings. The number of carbonyl (C=O) groups excluding carboxylic acids is 1. The van der Waals surface area contributed by atoms with E-state index in [1.807, 2.05) is 11.5 Å². The third-order valence-electron chi connectivity index (χ3n) is 6.10. The van der Waals surface area contributed by atoms with Gasteiger partial charge in [0.15, 0.2) is 17.4 Å². The van der Waals surface area contributed by atoms with Crippen LogP contribution in [0, 0.1) is 17.6 Å². The number of carbonyl (C=O) groups is 1. The normalized spacial score (nSPS) is 14.9. The molecule has 2 aromatic heterocycles. The molecule has 37 heavy (non-hydrogen) atoms. The van der Waals surface area contributed by atoms with Crippen molar-refractivity contribution in [1.29, 1.82) is 0 Å². The number of hydrogen-bond donors (Lipinski definition) is 2. The van der Waals surface area contributed by atoms with Crippen LogP contribution in [0.5, 0.6) is 11.5 Å². The Labute approximate surface area is 223 Å². The van der Waals surface area contributed by atoms with E-state index >= 15 is 0 Å². The van der Waals surface area contributed by atoms with Gasteiger partial charge in [0.05, 0.1) is 18.6 Å². The first-order chi connectivity index (χ1) is 17.5. The minimum Gasteiger partial charge on any atom is -0.450 e. The van der Waals surface area contributed by atoms with Crippen LogP contribution in [-0.2, 0) is 16.2 Å². The van der Waals surface area contributed by atoms with Gasteiger partial charge in [0.25, 0.3) is 0 Å². The smallest absolute Gasteiger partial charge is 0.319 e. The van der Waals surface area contributed by atoms with Crippen molar-refractivity contribution in [3.63, 3.8) is 0 Å². The van der Waals surface area contributed by atoms with Crippen molar-refractivity contribution in [2.24, 2.45) is 5.92 Å². The summed E-state index contributed by atoms with van der Waals surface area (Å²) in [6.45, 7) is 10.8. The van der Waals surface area contributed by atoms with Crippen LogP contribution in [0.15, 0.2) is 35.1 Å². The molecule has 1 atom stereocenters. The van der Waals surface area contributed by atoms with Gasteiger partial charge in [0.2, 0.25) is 0 Å². The average Bonchev–Trinajstić information content (AvgIpc) is 3.08. The third kappa shape index (κ3) is 6.86. The lowest BCUT2D eigenvalue weighted by atomic mass is 10.0. The van der Waals surface area contributed by atoms with Crippen LogP contribution in [0.25, 0.3) is 11.0 Å². The van der Waals surface area contributed by atoms with Gasteiger partial charge in [-0.2, -0.15) is 0 Å². The summed E-state index contributed by atoms with van der Waals surface area (Å²) in [6.07, 6.45) is 3.31. The Morgan fingerprint density at radius 2 is 2.00 bits per heavy atom. The fraction of sp³-hybridized carbons (Fsp3) is 0.440. The summed E-state index contributed by atoms with van der Waals surface area (Å²) >= 11 is 3.50. The van der Waals surface area contributed by atoms with E-state index in [0.29, 0.717) is 42.1 Å². The number of amides is 2. The van der Waals surface area contributed by atoms with Gasteiger partial charge in [0.1, 0.15) is 18.1 Å². The van der Waals surface area contributed by atoms with E-state index in [2.05, 4.69) is 51.2 Å². The van der Waals surface area contributed by atoms with Crippen LogP contribution in [0.4, 0.5) is 19.3 Å². The highest BCUT2D eigenvalue weighted by molar-refractivity contribution is 9.10. The number of aromatic nitrogens is 2. The second kappa shape index (κ2) is 11.5. The number of anilines is 1. The van der Waals surface area contributed by atoms with Crippen molar-refractivity contribution in [2.75, 3.05) is 25.1 Å². The van der Waals surface area contributed by atoms with Crippen molar-refractivity contribution >= 4 is 46.8 Å². The SMILES string of the molecule is C[C@@H](NC(=O)Nc1cc(F)c(Oc2ccnc3c2c(Br)cn3COCC[Si](C)(C)C)c(F)c1)C1COC1. The Morgan fingerprint density at radius 3 is 2.62 bits per heavy atom. The minimum absolute atomic E-state index is 0.0282. The molecule has 1 aliphatic rings. The number of pyridine rings is 1. The molecule has 0 radical (unpaired) electrons. The highest BCUT2D eigenvalue weighted by atomic mass is 79.9. The fourth-order valence-corrected chi connectivity index (χ4v) is 5.11. The summed E-state index contributed by atoms with van der Waals surface area (Å²) in [6, 6.07) is 3.92. The van der Waals surface area contributed by atoms with Crippen LogP contribution in [0.3, 0.4) is 0 Å². The molecule has 1 aromatic carbocycles. The Bertz CT molecular complexity index is 1260. The van der Waals surface area contributed by atoms with E-state index < -0.39 is 31.5 Å². The zero-order valence-corrected chi connectivity index (χ0v) is 23.8. The number of benzene rings is 1. The van der Waals surface area contributed by atoms with Crippen molar-refractivity contribution < 1.29 is 27.8 Å². The molecule has 3 aromatic rings. The zero-order valence-electron chi connectivity index (χ0n) is 21.2. The Balaban J connectivity index is 1.47. The van der Waals surface area contributed by atoms with Crippen molar-refractivity contribution in [2.45, 2.75) is 45.4 Å². The predicted octanol–water partition coefficient (Wildman–Crippen LogP) is 6.34. The third-order valence-corrected chi connectivity index (χ3v) is 8.40. The molecule has 2 N–H and O–H groups in total. The molecule has 2 amide bonds. The maximum absolute atomic E-state index is 14.9. The number of nitrogens with one attached hydrogen (secondary N) is 2. The van der Waals surface area contributed by atoms with Gasteiger partial charge in [-0.05, 0) is 35.0 Å². The van der Waals surface area contributed by atoms with Gasteiger partial charge < -0.3 is 29.4 Å². The van der Waals surface area contributed by atoms with Crippen LogP contribution in [0.1, 0.15) is 6.92 Å². The number of fused-ring (bicyclic) bond motifs is 1. The molecular weight excluding hydrogens is 566 g/mol. The van der Waals surface area contributed by atoms with E-state index in [-0.39, 0.29) is 23.4 Å². The number of ether oxygens (including phenoxy) is 3. The van der Waals surface area contributed by atoms with Gasteiger partial charge in [-0.25, -0.2) is 18.6 Å². The molecule has 0 unspecified atom stereocenters. The lowest BCUT2D eigenvalue weighted by Gasteiger charge is -2.31. The van der Waals surface area contributed by atoms with Crippen LogP contribution < -0.4 is 15.4 Å². The van der Waals surface area contributed by atoms with Crippen LogP contribution >= 0.6 is 15.9 Å². The lowest BCUT2D eigenvalue weighted by molar-refractivity contribution is -0.0444. The average molecular weight is 598 g/mol. The van der Waals surface area contributed by atoms with E-state index in [0.717, 1.165) is 18.2 Å². The number of urea groups is 1. The molecule has 0 aliphatic carbocycles. The van der Waals surface area contributed by atoms with Gasteiger partial charge in [-0.1, -0.05) is 19.6 Å². The number of hydrogen-bond acceptors (Lipinski definition) is 5. The second-order valence-corrected chi connectivity index (χ2v) is 16.8. The first-order valence-electron chi connectivity index (χ1n) is 12.0. The topological polar surface area (TPSA) is 86.6 Å². The summed E-state index contributed by atoms with van der Waals surface area (Å²) < 4.78 is 48.9. The molecule has 0 saturated carbocycles. The van der Waals surface area contributed by atoms with E-state index in [1.54, 1.807) is 6.20 Å². The Morgan fingerprint density at radius 1 is 1.30 bits per heavy atom. The fourth-order valence-electron chi connectivity index (χ4n) is 3.74. The maximum Gasteiger partial charge on any atom is 0.319 e. The molecule has 0 bridgehead atoms. The minimum atomic E-state index is -1.21. The highest BCUT2D eigenvalue weighted by Crippen LogP contribution is 2.37. The number of nitrogens with zero attached hydrogens (tertiary/aromatic N) is 2. The van der Waals surface area contributed by atoms with Crippen LogP contribution in [0.2, 0.25) is 25.7 Å². The number of rotatable bonds is 10. The standard InChI is InChI=1S/C25H31BrF2N4O4Si/c1-15(16-12-35-13-16)30-25(33)31-17-9-19(27)23(20(28)10-17)36-21-5-6-29-24-22(21)18(26)11-32(24)14-34-7-8-37(2,3)4/h5-6,9-11,15-16H,7-8,12-14H2,1-4H3,(H2,30,31,33)/t15-/m1/s1. The summed E-state index contributed by atoms with van der Waals surface area (Å²) in [4.78, 5) is 16.6. The van der Waals surface area contributed by atoms with Gasteiger partial charge in [0, 0.05) is 61.3 Å². The summed E-state index contributed by atoms with van der Waals surface area (Å²) in [7, 11) is -1.21. The van der Waals surface area contributed by atoms with Crippen molar-refractivity contribution in [3.8, 4) is 11.5 Å². The lowest BCUT2D eigenvalue weighted by Crippen LogP contribution is -2.47. The Kier molecular flexibility index (Phi) is 8.51. The van der Waals surface area contributed by atoms with E-state index in [1.165, 1.54) is 12.3 Å². The summed E-state index contributed by atoms with van der Waals surface area (Å²) in [5.41, 5.74) is 0.527. The molecule has 0 spiro atoms. The maximum atomic E-state index is 14.9. The quantitative estimate of drug-likeness (QED) is 0.211. The van der Waals surface area contributed by atoms with Gasteiger partial charge in [-0.3, -0.25) is 0 Å². The summed E-state index contributed by atoms with van der Waals surface area (Å²) in [5.74, 6) is -2.04. The highest BCUT2D eigenvalue weighted by Gasteiger charge is 2.26. The molecule has 12 heteroatoms. The van der Waals surface area contributed by atoms with E-state index in [4.69, 9.17) is 14.2 Å². The molecular formula is C25H31BrF2N4O4Si. The largest absolute Gasteiger partial charge is 0.450 e. The first-order valence-corrected chi connectivity index (χ1v) is 16.5. The van der Waals surface area contributed by atoms with Gasteiger partial charge in [-0.15, -0.1) is 0 Å². The first kappa shape index (κ1) is 27.5. The van der Waals surface area contributed by atoms with Crippen LogP contribution in [-0.4, -0.2) is 49.5 Å². The zero-order chi connectivity index (χ0) is 26.7. The van der Waals surface area contributed by atoms with Gasteiger partial charge >= 0.3 is 6.03 Å². The molecule has 8 nitrogen and oxygen atoms in total. The molecule has 1 saturated heterocycles. The molecule has 1 aliphatic heterocycles. The molecule has 3 heterocycles. The summed E-state index contributed by atoms with van der Waals surface area (Å²) in [5, 5.41) is 5.78. The predicted molar refractivity (Wildman–Crippen MR) is 144 cm³/mol. The molecule has 200 valence electrons. The van der Waals surface area contributed by atoms with E-state index in [9.17, 15) is 13.6 Å². The Hall–Kier alpha value is -2.54. The van der Waals surface area contributed by atoms with Crippen molar-refractivity contribution in [1.82, 2.24) is 14.9 Å². The monoisotopic (exact) mass is 596 g/mol. The van der Waals surface area contributed by atoms with Crippen molar-refractivity contribution in [3.05, 3.63) is 46.7 Å².